The van der Waals surface area contributed by atoms with Gasteiger partial charge in [-0.3, -0.25) is 4.79 Å². The number of rotatable bonds is 5. The number of fused-ring (bicyclic) bond motifs is 6. The number of carbonyl (C=O) groups is 2. The lowest BCUT2D eigenvalue weighted by atomic mass is 9.28. The summed E-state index contributed by atoms with van der Waals surface area (Å²) in [7, 11) is 0. The van der Waals surface area contributed by atoms with Crippen LogP contribution in [0.4, 0.5) is 0 Å². The van der Waals surface area contributed by atoms with Gasteiger partial charge in [-0.1, -0.05) is 71.3 Å². The molecule has 6 fully saturated rings. The predicted molar refractivity (Wildman–Crippen MR) is 189 cm³/mol. The second-order valence-electron chi connectivity index (χ2n) is 20.0. The Labute approximate surface area is 303 Å². The molecule has 284 valence electrons. The van der Waals surface area contributed by atoms with E-state index in [1.807, 2.05) is 0 Å². The number of aliphatic hydroxyl groups is 3. The molecule has 1 heterocycles. The topological polar surface area (TPSA) is 154 Å². The molecule has 0 aromatic carbocycles. The van der Waals surface area contributed by atoms with Crippen molar-refractivity contribution in [1.82, 2.24) is 0 Å². The molecule has 0 amide bonds. The van der Waals surface area contributed by atoms with Crippen molar-refractivity contribution in [3.05, 3.63) is 23.8 Å². The van der Waals surface area contributed by atoms with E-state index < -0.39 is 53.5 Å². The average Bonchev–Trinajstić information content (AvgIpc) is 3.61. The second kappa shape index (κ2) is 11.6. The summed E-state index contributed by atoms with van der Waals surface area (Å²) >= 11 is 0. The Morgan fingerprint density at radius 2 is 1.53 bits per heavy atom. The minimum atomic E-state index is -1.75. The standard InChI is InChI=1S/C42H62O9/c1-36(2)25-13-18-39(5)26(38(25,4)17-14-28(36)50-34-31(45)29(43)30(44)32(51-34)33(46)47)11-12-27-41-16-8-15-37(3,23-41)19-20-40(41,35(48)49)21-22-42(27,39)24-9-6-7-10-24/h8,12,16,24-26,28-32,34,43-45H,6-7,9-11,13-15,17-23H2,1-5H3,(H,46,47)(H,48,49)/t25-,26+,28-,29-,30-,31+,32-,34+,37-,38-,39+,40+,41-,42-/m0/s1. The first-order valence-electron chi connectivity index (χ1n) is 20.1. The number of aliphatic hydroxyl groups excluding tert-OH is 3. The van der Waals surface area contributed by atoms with Crippen LogP contribution in [0.15, 0.2) is 23.8 Å². The minimum Gasteiger partial charge on any atom is -0.481 e. The third-order valence-corrected chi connectivity index (χ3v) is 17.8. The maximum Gasteiger partial charge on any atom is 0.335 e. The number of allylic oxidation sites excluding steroid dienone is 4. The highest BCUT2D eigenvalue weighted by Gasteiger charge is 2.76. The highest BCUT2D eigenvalue weighted by atomic mass is 16.7. The summed E-state index contributed by atoms with van der Waals surface area (Å²) in [6, 6.07) is 0. The maximum absolute atomic E-state index is 13.6. The predicted octanol–water partition coefficient (Wildman–Crippen LogP) is 6.63. The molecule has 5 N–H and O–H groups in total. The molecule has 1 aliphatic heterocycles. The lowest BCUT2D eigenvalue weighted by molar-refractivity contribution is -0.324. The molecule has 8 rings (SSSR count). The largest absolute Gasteiger partial charge is 0.481 e. The zero-order valence-electron chi connectivity index (χ0n) is 31.4. The lowest BCUT2D eigenvalue weighted by Crippen LogP contribution is -2.69. The van der Waals surface area contributed by atoms with Gasteiger partial charge in [0.2, 0.25) is 0 Å². The quantitative estimate of drug-likeness (QED) is 0.156. The maximum atomic E-state index is 13.6. The molecule has 7 aliphatic carbocycles. The van der Waals surface area contributed by atoms with Crippen LogP contribution >= 0.6 is 0 Å². The third-order valence-electron chi connectivity index (χ3n) is 17.8. The summed E-state index contributed by atoms with van der Waals surface area (Å²) in [4.78, 5) is 25.4. The van der Waals surface area contributed by atoms with Crippen LogP contribution in [-0.4, -0.2) is 74.3 Å². The Morgan fingerprint density at radius 3 is 2.22 bits per heavy atom. The van der Waals surface area contributed by atoms with Crippen LogP contribution in [0.5, 0.6) is 0 Å². The van der Waals surface area contributed by atoms with Gasteiger partial charge >= 0.3 is 11.9 Å². The average molecular weight is 711 g/mol. The van der Waals surface area contributed by atoms with E-state index in [1.165, 1.54) is 31.3 Å². The molecule has 0 aromatic heterocycles. The molecule has 2 bridgehead atoms. The Balaban J connectivity index is 1.17. The Kier molecular flexibility index (Phi) is 8.25. The third kappa shape index (κ3) is 4.56. The first-order chi connectivity index (χ1) is 23.9. The normalized spacial score (nSPS) is 53.2. The van der Waals surface area contributed by atoms with Crippen LogP contribution in [0, 0.1) is 55.7 Å². The molecule has 9 nitrogen and oxygen atoms in total. The van der Waals surface area contributed by atoms with E-state index >= 15 is 0 Å². The number of aliphatic carboxylic acids is 2. The van der Waals surface area contributed by atoms with Gasteiger partial charge in [0.25, 0.3) is 0 Å². The summed E-state index contributed by atoms with van der Waals surface area (Å²) in [6.07, 6.45) is 14.0. The van der Waals surface area contributed by atoms with E-state index in [0.29, 0.717) is 18.3 Å². The molecule has 1 spiro atoms. The highest BCUT2D eigenvalue weighted by Crippen LogP contribution is 2.82. The molecular weight excluding hydrogens is 648 g/mol. The van der Waals surface area contributed by atoms with Gasteiger partial charge in [0.1, 0.15) is 18.3 Å². The fourth-order valence-electron chi connectivity index (χ4n) is 15.4. The van der Waals surface area contributed by atoms with Crippen LogP contribution in [-0.2, 0) is 19.1 Å². The van der Waals surface area contributed by atoms with E-state index in [9.17, 15) is 35.1 Å². The summed E-state index contributed by atoms with van der Waals surface area (Å²) in [5.41, 5.74) is 0.0667. The van der Waals surface area contributed by atoms with Gasteiger partial charge in [-0.05, 0) is 123 Å². The molecule has 9 heteroatoms. The van der Waals surface area contributed by atoms with E-state index in [4.69, 9.17) is 9.47 Å². The van der Waals surface area contributed by atoms with Gasteiger partial charge in [-0.15, -0.1) is 0 Å². The number of ether oxygens (including phenoxy) is 2. The molecule has 0 unspecified atom stereocenters. The fourth-order valence-corrected chi connectivity index (χ4v) is 15.4. The van der Waals surface area contributed by atoms with Gasteiger partial charge in [-0.25, -0.2) is 4.79 Å². The first-order valence-corrected chi connectivity index (χ1v) is 20.1. The van der Waals surface area contributed by atoms with E-state index in [2.05, 4.69) is 52.8 Å². The van der Waals surface area contributed by atoms with Gasteiger partial charge in [0.15, 0.2) is 12.4 Å². The molecule has 5 saturated carbocycles. The molecule has 1 saturated heterocycles. The van der Waals surface area contributed by atoms with Crippen molar-refractivity contribution in [2.75, 3.05) is 0 Å². The molecular formula is C42H62O9. The van der Waals surface area contributed by atoms with Crippen LogP contribution in [0.2, 0.25) is 0 Å². The summed E-state index contributed by atoms with van der Waals surface area (Å²) < 4.78 is 12.1. The molecule has 0 aromatic rings. The van der Waals surface area contributed by atoms with E-state index in [1.54, 1.807) is 0 Å². The summed E-state index contributed by atoms with van der Waals surface area (Å²) in [5, 5.41) is 52.4. The van der Waals surface area contributed by atoms with Gasteiger partial charge in [-0.2, -0.15) is 0 Å². The molecule has 14 atom stereocenters. The summed E-state index contributed by atoms with van der Waals surface area (Å²) in [5.74, 6) is -0.744. The van der Waals surface area contributed by atoms with Crippen molar-refractivity contribution in [2.24, 2.45) is 55.7 Å². The second-order valence-corrected chi connectivity index (χ2v) is 20.0. The van der Waals surface area contributed by atoms with Crippen LogP contribution in [0.3, 0.4) is 0 Å². The Hall–Kier alpha value is -1.78. The number of hydrogen-bond donors (Lipinski definition) is 5. The van der Waals surface area contributed by atoms with E-state index in [-0.39, 0.29) is 39.1 Å². The first kappa shape index (κ1) is 36.2. The lowest BCUT2D eigenvalue weighted by Gasteiger charge is -2.75. The fraction of sp³-hybridized carbons (Fsp3) is 0.857. The van der Waals surface area contributed by atoms with Crippen molar-refractivity contribution in [3.8, 4) is 0 Å². The van der Waals surface area contributed by atoms with Crippen LogP contribution in [0.25, 0.3) is 0 Å². The smallest absolute Gasteiger partial charge is 0.335 e. The van der Waals surface area contributed by atoms with Gasteiger partial charge in [0.05, 0.1) is 11.5 Å². The van der Waals surface area contributed by atoms with Crippen molar-refractivity contribution < 1.29 is 44.6 Å². The Bertz CT molecular complexity index is 1510. The minimum absolute atomic E-state index is 0.0112. The van der Waals surface area contributed by atoms with Crippen molar-refractivity contribution in [3.63, 3.8) is 0 Å². The zero-order chi connectivity index (χ0) is 36.6. The van der Waals surface area contributed by atoms with Gasteiger partial charge in [0, 0.05) is 10.8 Å². The highest BCUT2D eigenvalue weighted by molar-refractivity contribution is 5.79. The number of carboxylic acids is 2. The molecule has 51 heavy (non-hydrogen) atoms. The van der Waals surface area contributed by atoms with Crippen LogP contribution in [0.1, 0.15) is 131 Å². The molecule has 0 radical (unpaired) electrons. The zero-order valence-corrected chi connectivity index (χ0v) is 31.4. The van der Waals surface area contributed by atoms with E-state index in [0.717, 1.165) is 64.2 Å². The summed E-state index contributed by atoms with van der Waals surface area (Å²) in [6.45, 7) is 12.0. The van der Waals surface area contributed by atoms with Crippen molar-refractivity contribution in [2.45, 2.75) is 168 Å². The van der Waals surface area contributed by atoms with Crippen molar-refractivity contribution >= 4 is 11.9 Å². The van der Waals surface area contributed by atoms with Gasteiger partial charge < -0.3 is 35.0 Å². The molecule has 8 aliphatic rings. The number of carboxylic acid groups (broad SMARTS) is 2. The monoisotopic (exact) mass is 710 g/mol. The SMILES string of the molecule is CC1(C)[C@@H](O[C@@H]2O[C@H](C(=O)O)[C@@H](O)[C@H](O)[C@H]2O)CC[C@]2(C)[C@H]3CC=C4[C@@]56C=CC[C@@](C)(CC[C@]5(C(=O)O)CC[C@@]4(C4CCCC4)[C@]3(C)CC[C@@H]12)C6. The van der Waals surface area contributed by atoms with Crippen LogP contribution < -0.4 is 0 Å². The Morgan fingerprint density at radius 1 is 0.824 bits per heavy atom. The number of hydrogen-bond acceptors (Lipinski definition) is 7. The van der Waals surface area contributed by atoms with Crippen molar-refractivity contribution in [1.29, 1.82) is 0 Å².